The molecular weight excluding hydrogens is 405 g/mol. The van der Waals surface area contributed by atoms with Gasteiger partial charge in [0.2, 0.25) is 21.7 Å². The molecule has 0 radical (unpaired) electrons. The maximum absolute atomic E-state index is 13.5. The Morgan fingerprint density at radius 1 is 1.21 bits per heavy atom. The summed E-state index contributed by atoms with van der Waals surface area (Å²) in [5, 5.41) is 4.57. The second-order valence-electron chi connectivity index (χ2n) is 6.65. The summed E-state index contributed by atoms with van der Waals surface area (Å²) in [5.41, 5.74) is 1.00. The van der Waals surface area contributed by atoms with Gasteiger partial charge in [-0.2, -0.15) is 9.29 Å². The maximum Gasteiger partial charge on any atom is 0.245 e. The predicted molar refractivity (Wildman–Crippen MR) is 102 cm³/mol. The Morgan fingerprint density at radius 2 is 1.96 bits per heavy atom. The molecule has 0 unspecified atom stereocenters. The topological polar surface area (TPSA) is 76.3 Å². The number of aryl methyl sites for hydroxylation is 1. The lowest BCUT2D eigenvalue weighted by Gasteiger charge is -2.21. The molecule has 0 aliphatic carbocycles. The van der Waals surface area contributed by atoms with Crippen molar-refractivity contribution in [2.45, 2.75) is 30.7 Å². The quantitative estimate of drug-likeness (QED) is 0.625. The van der Waals surface area contributed by atoms with Crippen molar-refractivity contribution in [3.8, 4) is 11.4 Å². The van der Waals surface area contributed by atoms with Crippen LogP contribution >= 0.6 is 11.6 Å². The third kappa shape index (κ3) is 3.43. The van der Waals surface area contributed by atoms with Crippen molar-refractivity contribution in [2.24, 2.45) is 0 Å². The van der Waals surface area contributed by atoms with Gasteiger partial charge in [0.25, 0.3) is 0 Å². The fraction of sp³-hybridized carbons (Fsp3) is 0.263. The van der Waals surface area contributed by atoms with Gasteiger partial charge >= 0.3 is 0 Å². The van der Waals surface area contributed by atoms with Crippen LogP contribution in [0.4, 0.5) is 4.39 Å². The summed E-state index contributed by atoms with van der Waals surface area (Å²) < 4.78 is 46.5. The molecule has 1 aromatic heterocycles. The summed E-state index contributed by atoms with van der Waals surface area (Å²) in [4.78, 5) is 4.45. The SMILES string of the molecule is Cc1cc(S(=O)(=O)N2CCC[C@@H]2c2nc(-c3ccc(Cl)cc3)no2)ccc1F. The predicted octanol–water partition coefficient (Wildman–Crippen LogP) is 4.36. The van der Waals surface area contributed by atoms with Crippen LogP contribution in [0.25, 0.3) is 11.4 Å². The van der Waals surface area contributed by atoms with E-state index in [1.54, 1.807) is 24.3 Å². The summed E-state index contributed by atoms with van der Waals surface area (Å²) >= 11 is 5.90. The molecule has 1 saturated heterocycles. The first kappa shape index (κ1) is 19.0. The van der Waals surface area contributed by atoms with E-state index >= 15 is 0 Å². The standard InChI is InChI=1S/C19H17ClFN3O3S/c1-12-11-15(8-9-16(12)21)28(25,26)24-10-2-3-17(24)19-22-18(23-27-19)13-4-6-14(20)7-5-13/h4-9,11,17H,2-3,10H2,1H3/t17-/m1/s1. The molecule has 2 aromatic carbocycles. The number of aromatic nitrogens is 2. The van der Waals surface area contributed by atoms with E-state index in [4.69, 9.17) is 16.1 Å². The highest BCUT2D eigenvalue weighted by atomic mass is 35.5. The average Bonchev–Trinajstić information content (AvgIpc) is 3.33. The van der Waals surface area contributed by atoms with Gasteiger partial charge in [0.1, 0.15) is 11.9 Å². The average molecular weight is 422 g/mol. The van der Waals surface area contributed by atoms with Crippen LogP contribution in [-0.2, 0) is 10.0 Å². The molecule has 0 bridgehead atoms. The first-order chi connectivity index (χ1) is 13.4. The monoisotopic (exact) mass is 421 g/mol. The number of rotatable bonds is 4. The van der Waals surface area contributed by atoms with Crippen molar-refractivity contribution in [1.82, 2.24) is 14.4 Å². The normalized spacial score (nSPS) is 17.9. The lowest BCUT2D eigenvalue weighted by atomic mass is 10.2. The van der Waals surface area contributed by atoms with Gasteiger partial charge in [-0.05, 0) is 67.8 Å². The minimum absolute atomic E-state index is 0.0516. The van der Waals surface area contributed by atoms with E-state index < -0.39 is 21.9 Å². The summed E-state index contributed by atoms with van der Waals surface area (Å²) in [6, 6.07) is 10.2. The Balaban J connectivity index is 1.65. The highest BCUT2D eigenvalue weighted by Crippen LogP contribution is 2.36. The summed E-state index contributed by atoms with van der Waals surface area (Å²) in [7, 11) is -3.81. The minimum Gasteiger partial charge on any atom is -0.337 e. The molecule has 1 atom stereocenters. The molecule has 146 valence electrons. The summed E-state index contributed by atoms with van der Waals surface area (Å²) in [5.74, 6) is 0.167. The van der Waals surface area contributed by atoms with E-state index in [-0.39, 0.29) is 16.3 Å². The Morgan fingerprint density at radius 3 is 2.68 bits per heavy atom. The van der Waals surface area contributed by atoms with Crippen molar-refractivity contribution in [2.75, 3.05) is 6.54 Å². The van der Waals surface area contributed by atoms with E-state index in [2.05, 4.69) is 10.1 Å². The van der Waals surface area contributed by atoms with E-state index in [0.29, 0.717) is 30.2 Å². The van der Waals surface area contributed by atoms with Crippen molar-refractivity contribution in [3.05, 3.63) is 64.8 Å². The van der Waals surface area contributed by atoms with Gasteiger partial charge < -0.3 is 4.52 Å². The highest BCUT2D eigenvalue weighted by molar-refractivity contribution is 7.89. The summed E-state index contributed by atoms with van der Waals surface area (Å²) in [6.07, 6.45) is 1.24. The number of hydrogen-bond acceptors (Lipinski definition) is 5. The van der Waals surface area contributed by atoms with Crippen LogP contribution in [0.15, 0.2) is 51.9 Å². The van der Waals surface area contributed by atoms with Gasteiger partial charge in [0.15, 0.2) is 0 Å². The minimum atomic E-state index is -3.81. The first-order valence-corrected chi connectivity index (χ1v) is 10.6. The molecule has 2 heterocycles. The van der Waals surface area contributed by atoms with Crippen molar-refractivity contribution >= 4 is 21.6 Å². The van der Waals surface area contributed by atoms with Crippen molar-refractivity contribution in [3.63, 3.8) is 0 Å². The Hall–Kier alpha value is -2.29. The molecule has 0 N–H and O–H groups in total. The van der Waals surface area contributed by atoms with Crippen molar-refractivity contribution < 1.29 is 17.3 Å². The molecule has 0 spiro atoms. The van der Waals surface area contributed by atoms with Crippen LogP contribution in [0, 0.1) is 12.7 Å². The van der Waals surface area contributed by atoms with Crippen LogP contribution in [0.2, 0.25) is 5.02 Å². The molecule has 1 aliphatic heterocycles. The highest BCUT2D eigenvalue weighted by Gasteiger charge is 2.39. The van der Waals surface area contributed by atoms with Gasteiger partial charge in [-0.1, -0.05) is 16.8 Å². The van der Waals surface area contributed by atoms with Crippen LogP contribution in [0.3, 0.4) is 0 Å². The summed E-state index contributed by atoms with van der Waals surface area (Å²) in [6.45, 7) is 1.87. The molecule has 1 fully saturated rings. The molecule has 6 nitrogen and oxygen atoms in total. The number of nitrogens with zero attached hydrogens (tertiary/aromatic N) is 3. The Kier molecular flexibility index (Phi) is 4.95. The maximum atomic E-state index is 13.5. The molecule has 0 saturated carbocycles. The lowest BCUT2D eigenvalue weighted by molar-refractivity contribution is 0.290. The molecule has 1 aliphatic rings. The lowest BCUT2D eigenvalue weighted by Crippen LogP contribution is -2.31. The van der Waals surface area contributed by atoms with Gasteiger partial charge in [-0.15, -0.1) is 0 Å². The molecule has 9 heteroatoms. The van der Waals surface area contributed by atoms with E-state index in [0.717, 1.165) is 5.56 Å². The zero-order chi connectivity index (χ0) is 19.9. The fourth-order valence-electron chi connectivity index (χ4n) is 3.27. The van der Waals surface area contributed by atoms with E-state index in [9.17, 15) is 12.8 Å². The largest absolute Gasteiger partial charge is 0.337 e. The Bertz CT molecular complexity index is 1120. The van der Waals surface area contributed by atoms with Crippen LogP contribution in [0.1, 0.15) is 30.3 Å². The number of sulfonamides is 1. The second kappa shape index (κ2) is 7.27. The fourth-order valence-corrected chi connectivity index (χ4v) is 5.14. The van der Waals surface area contributed by atoms with Gasteiger partial charge in [0.05, 0.1) is 4.90 Å². The second-order valence-corrected chi connectivity index (χ2v) is 8.97. The molecule has 0 amide bonds. The zero-order valence-electron chi connectivity index (χ0n) is 15.0. The molecule has 28 heavy (non-hydrogen) atoms. The Labute approximate surface area is 167 Å². The zero-order valence-corrected chi connectivity index (χ0v) is 16.5. The number of benzene rings is 2. The van der Waals surface area contributed by atoms with E-state index in [1.807, 2.05) is 0 Å². The number of halogens is 2. The van der Waals surface area contributed by atoms with E-state index in [1.165, 1.54) is 29.4 Å². The first-order valence-electron chi connectivity index (χ1n) is 8.74. The van der Waals surface area contributed by atoms with Gasteiger partial charge in [-0.25, -0.2) is 12.8 Å². The molecular formula is C19H17ClFN3O3S. The van der Waals surface area contributed by atoms with Crippen LogP contribution in [0.5, 0.6) is 0 Å². The third-order valence-corrected chi connectivity index (χ3v) is 6.93. The third-order valence-electron chi connectivity index (χ3n) is 4.77. The van der Waals surface area contributed by atoms with Crippen LogP contribution < -0.4 is 0 Å². The van der Waals surface area contributed by atoms with Crippen molar-refractivity contribution in [1.29, 1.82) is 0 Å². The molecule has 3 aromatic rings. The van der Waals surface area contributed by atoms with Crippen LogP contribution in [-0.4, -0.2) is 29.4 Å². The van der Waals surface area contributed by atoms with Gasteiger partial charge in [-0.3, -0.25) is 0 Å². The smallest absolute Gasteiger partial charge is 0.245 e. The molecule has 4 rings (SSSR count). The number of hydrogen-bond donors (Lipinski definition) is 0. The van der Waals surface area contributed by atoms with Gasteiger partial charge in [0, 0.05) is 17.1 Å².